The molecule has 4 nitrogen and oxygen atoms in total. The number of carbonyl (C=O) groups excluding carboxylic acids is 1. The number of rotatable bonds is 6. The van der Waals surface area contributed by atoms with Gasteiger partial charge < -0.3 is 15.0 Å². The van der Waals surface area contributed by atoms with Crippen LogP contribution in [-0.2, 0) is 11.3 Å². The SMILES string of the molecule is COc1ccccc1CN(C)C(=O)CNc1ccc(C)cc1Br. The highest BCUT2D eigenvalue weighted by atomic mass is 79.9. The number of hydrogen-bond acceptors (Lipinski definition) is 3. The molecule has 0 aliphatic rings. The topological polar surface area (TPSA) is 41.6 Å². The Labute approximate surface area is 145 Å². The summed E-state index contributed by atoms with van der Waals surface area (Å²) in [6.07, 6.45) is 0. The van der Waals surface area contributed by atoms with Crippen LogP contribution in [0.2, 0.25) is 0 Å². The minimum atomic E-state index is 0.0170. The van der Waals surface area contributed by atoms with Gasteiger partial charge in [-0.15, -0.1) is 0 Å². The number of amides is 1. The van der Waals surface area contributed by atoms with E-state index in [-0.39, 0.29) is 12.5 Å². The van der Waals surface area contributed by atoms with E-state index in [4.69, 9.17) is 4.74 Å². The van der Waals surface area contributed by atoms with Crippen molar-refractivity contribution in [2.45, 2.75) is 13.5 Å². The first kappa shape index (κ1) is 17.3. The Hall–Kier alpha value is -2.01. The fourth-order valence-corrected chi connectivity index (χ4v) is 2.88. The summed E-state index contributed by atoms with van der Waals surface area (Å²) in [5.41, 5.74) is 3.07. The highest BCUT2D eigenvalue weighted by Gasteiger charge is 2.12. The Morgan fingerprint density at radius 2 is 2.00 bits per heavy atom. The maximum absolute atomic E-state index is 12.3. The smallest absolute Gasteiger partial charge is 0.241 e. The highest BCUT2D eigenvalue weighted by Crippen LogP contribution is 2.23. The number of hydrogen-bond donors (Lipinski definition) is 1. The fraction of sp³-hybridized carbons (Fsp3) is 0.278. The Morgan fingerprint density at radius 1 is 1.26 bits per heavy atom. The third-order valence-corrected chi connectivity index (χ3v) is 4.24. The zero-order valence-corrected chi connectivity index (χ0v) is 15.2. The van der Waals surface area contributed by atoms with Gasteiger partial charge in [0.1, 0.15) is 5.75 Å². The summed E-state index contributed by atoms with van der Waals surface area (Å²) < 4.78 is 6.28. The molecule has 1 N–H and O–H groups in total. The highest BCUT2D eigenvalue weighted by molar-refractivity contribution is 9.10. The van der Waals surface area contributed by atoms with Crippen LogP contribution in [0.25, 0.3) is 0 Å². The summed E-state index contributed by atoms with van der Waals surface area (Å²) >= 11 is 3.50. The molecule has 0 aliphatic carbocycles. The van der Waals surface area contributed by atoms with Crippen LogP contribution in [0.15, 0.2) is 46.9 Å². The second kappa shape index (κ2) is 8.02. The quantitative estimate of drug-likeness (QED) is 0.832. The van der Waals surface area contributed by atoms with Gasteiger partial charge in [0.15, 0.2) is 0 Å². The Bertz CT molecular complexity index is 688. The van der Waals surface area contributed by atoms with Crippen molar-refractivity contribution in [3.05, 3.63) is 58.1 Å². The molecule has 0 atom stereocenters. The molecule has 0 spiro atoms. The number of ether oxygens (including phenoxy) is 1. The van der Waals surface area contributed by atoms with Crippen LogP contribution >= 0.6 is 15.9 Å². The first-order valence-corrected chi connectivity index (χ1v) is 8.16. The molecule has 0 radical (unpaired) electrons. The van der Waals surface area contributed by atoms with Crippen LogP contribution in [0.3, 0.4) is 0 Å². The van der Waals surface area contributed by atoms with E-state index in [1.165, 1.54) is 5.56 Å². The molecule has 2 rings (SSSR count). The van der Waals surface area contributed by atoms with Gasteiger partial charge >= 0.3 is 0 Å². The van der Waals surface area contributed by atoms with E-state index < -0.39 is 0 Å². The number of methoxy groups -OCH3 is 1. The summed E-state index contributed by atoms with van der Waals surface area (Å²) in [6.45, 7) is 2.79. The second-order valence-corrected chi connectivity index (χ2v) is 6.25. The van der Waals surface area contributed by atoms with Crippen LogP contribution in [0.5, 0.6) is 5.75 Å². The molecular weight excluding hydrogens is 356 g/mol. The number of benzene rings is 2. The van der Waals surface area contributed by atoms with Crippen LogP contribution in [0.1, 0.15) is 11.1 Å². The van der Waals surface area contributed by atoms with Crippen molar-refractivity contribution in [3.8, 4) is 5.75 Å². The van der Waals surface area contributed by atoms with Gasteiger partial charge in [-0.1, -0.05) is 24.3 Å². The zero-order chi connectivity index (χ0) is 16.8. The van der Waals surface area contributed by atoms with E-state index >= 15 is 0 Å². The molecule has 2 aromatic carbocycles. The first-order valence-electron chi connectivity index (χ1n) is 7.37. The predicted octanol–water partition coefficient (Wildman–Crippen LogP) is 3.84. The molecule has 0 saturated carbocycles. The number of anilines is 1. The normalized spacial score (nSPS) is 10.3. The molecule has 0 aliphatic heterocycles. The van der Waals surface area contributed by atoms with Crippen LogP contribution < -0.4 is 10.1 Å². The van der Waals surface area contributed by atoms with E-state index in [1.807, 2.05) is 49.4 Å². The van der Waals surface area contributed by atoms with E-state index in [0.717, 1.165) is 21.5 Å². The molecule has 5 heteroatoms. The van der Waals surface area contributed by atoms with Crippen molar-refractivity contribution in [2.75, 3.05) is 26.0 Å². The van der Waals surface area contributed by atoms with Gasteiger partial charge in [0.25, 0.3) is 0 Å². The monoisotopic (exact) mass is 376 g/mol. The minimum absolute atomic E-state index is 0.0170. The fourth-order valence-electron chi connectivity index (χ4n) is 2.25. The maximum Gasteiger partial charge on any atom is 0.241 e. The summed E-state index contributed by atoms with van der Waals surface area (Å²) in [4.78, 5) is 14.0. The Balaban J connectivity index is 1.95. The Morgan fingerprint density at radius 3 is 2.70 bits per heavy atom. The number of aryl methyl sites for hydroxylation is 1. The van der Waals surface area contributed by atoms with Crippen molar-refractivity contribution in [3.63, 3.8) is 0 Å². The lowest BCUT2D eigenvalue weighted by atomic mass is 10.2. The second-order valence-electron chi connectivity index (χ2n) is 5.40. The maximum atomic E-state index is 12.3. The van der Waals surface area contributed by atoms with Crippen LogP contribution in [0.4, 0.5) is 5.69 Å². The Kier molecular flexibility index (Phi) is 6.04. The van der Waals surface area contributed by atoms with Gasteiger partial charge in [-0.2, -0.15) is 0 Å². The summed E-state index contributed by atoms with van der Waals surface area (Å²) in [7, 11) is 3.43. The molecule has 2 aromatic rings. The summed E-state index contributed by atoms with van der Waals surface area (Å²) in [6, 6.07) is 13.7. The van der Waals surface area contributed by atoms with Crippen molar-refractivity contribution in [1.82, 2.24) is 4.90 Å². The molecule has 0 saturated heterocycles. The molecule has 1 amide bonds. The zero-order valence-electron chi connectivity index (χ0n) is 13.6. The molecule has 0 bridgehead atoms. The third kappa shape index (κ3) is 4.73. The predicted molar refractivity (Wildman–Crippen MR) is 96.8 cm³/mol. The van der Waals surface area contributed by atoms with Gasteiger partial charge in [-0.05, 0) is 46.6 Å². The number of para-hydroxylation sites is 1. The van der Waals surface area contributed by atoms with Crippen LogP contribution in [0, 0.1) is 6.92 Å². The van der Waals surface area contributed by atoms with Gasteiger partial charge in [0.05, 0.1) is 13.7 Å². The van der Waals surface area contributed by atoms with Gasteiger partial charge in [0.2, 0.25) is 5.91 Å². The average molecular weight is 377 g/mol. The van der Waals surface area contributed by atoms with E-state index in [2.05, 4.69) is 21.2 Å². The number of likely N-dealkylation sites (N-methyl/N-ethyl adjacent to an activating group) is 1. The molecule has 23 heavy (non-hydrogen) atoms. The number of carbonyl (C=O) groups is 1. The van der Waals surface area contributed by atoms with Gasteiger partial charge in [-0.3, -0.25) is 4.79 Å². The molecular formula is C18H21BrN2O2. The average Bonchev–Trinajstić information content (AvgIpc) is 2.54. The molecule has 0 fully saturated rings. The lowest BCUT2D eigenvalue weighted by Gasteiger charge is -2.19. The largest absolute Gasteiger partial charge is 0.496 e. The minimum Gasteiger partial charge on any atom is -0.496 e. The molecule has 0 heterocycles. The first-order chi connectivity index (χ1) is 11.0. The van der Waals surface area contributed by atoms with Gasteiger partial charge in [-0.25, -0.2) is 0 Å². The number of halogens is 1. The van der Waals surface area contributed by atoms with E-state index in [0.29, 0.717) is 6.54 Å². The standard InChI is InChI=1S/C18H21BrN2O2/c1-13-8-9-16(15(19)10-13)20-11-18(22)21(2)12-14-6-4-5-7-17(14)23-3/h4-10,20H,11-12H2,1-3H3. The molecule has 122 valence electrons. The molecule has 0 unspecified atom stereocenters. The summed E-state index contributed by atoms with van der Waals surface area (Å²) in [5, 5.41) is 3.17. The number of nitrogens with one attached hydrogen (secondary N) is 1. The lowest BCUT2D eigenvalue weighted by molar-refractivity contribution is -0.128. The van der Waals surface area contributed by atoms with Crippen molar-refractivity contribution >= 4 is 27.5 Å². The van der Waals surface area contributed by atoms with Gasteiger partial charge in [0, 0.05) is 29.3 Å². The van der Waals surface area contributed by atoms with Crippen molar-refractivity contribution in [1.29, 1.82) is 0 Å². The van der Waals surface area contributed by atoms with Crippen molar-refractivity contribution < 1.29 is 9.53 Å². The van der Waals surface area contributed by atoms with Crippen LogP contribution in [-0.4, -0.2) is 31.5 Å². The van der Waals surface area contributed by atoms with E-state index in [9.17, 15) is 4.79 Å². The lowest BCUT2D eigenvalue weighted by Crippen LogP contribution is -2.31. The summed E-state index contributed by atoms with van der Waals surface area (Å²) in [5.74, 6) is 0.810. The molecule has 0 aromatic heterocycles. The van der Waals surface area contributed by atoms with Crippen molar-refractivity contribution in [2.24, 2.45) is 0 Å². The third-order valence-electron chi connectivity index (χ3n) is 3.58. The number of nitrogens with zero attached hydrogens (tertiary/aromatic N) is 1. The van der Waals surface area contributed by atoms with E-state index in [1.54, 1.807) is 19.1 Å².